The van der Waals surface area contributed by atoms with Crippen LogP contribution in [0.2, 0.25) is 0 Å². The van der Waals surface area contributed by atoms with Gasteiger partial charge in [0, 0.05) is 13.2 Å². The molecule has 1 saturated heterocycles. The van der Waals surface area contributed by atoms with Gasteiger partial charge in [0.1, 0.15) is 0 Å². The third kappa shape index (κ3) is 3.50. The van der Waals surface area contributed by atoms with Gasteiger partial charge in [-0.2, -0.15) is 0 Å². The predicted molar refractivity (Wildman–Crippen MR) is 74.4 cm³/mol. The van der Waals surface area contributed by atoms with Crippen LogP contribution < -0.4 is 0 Å². The number of thioether (sulfide) groups is 1. The van der Waals surface area contributed by atoms with Crippen molar-refractivity contribution in [3.05, 3.63) is 35.9 Å². The number of carbonyl (C=O) groups is 1. The quantitative estimate of drug-likeness (QED) is 0.854. The first-order valence-corrected chi connectivity index (χ1v) is 7.42. The first-order valence-electron chi connectivity index (χ1n) is 6.37. The molecular weight excluding hydrogens is 246 g/mol. The van der Waals surface area contributed by atoms with Crippen molar-refractivity contribution in [2.24, 2.45) is 0 Å². The Balaban J connectivity index is 1.86. The normalized spacial score (nSPS) is 19.5. The Labute approximate surface area is 112 Å². The maximum atomic E-state index is 11.7. The van der Waals surface area contributed by atoms with Gasteiger partial charge in [-0.1, -0.05) is 30.3 Å². The summed E-state index contributed by atoms with van der Waals surface area (Å²) in [4.78, 5) is 13.6. The zero-order valence-corrected chi connectivity index (χ0v) is 11.2. The van der Waals surface area contributed by atoms with Crippen molar-refractivity contribution in [3.63, 3.8) is 0 Å². The molecule has 0 radical (unpaired) electrons. The molecule has 1 fully saturated rings. The molecule has 1 aliphatic rings. The number of aryl methyl sites for hydroxylation is 1. The number of benzene rings is 1. The fourth-order valence-electron chi connectivity index (χ4n) is 2.18. The Kier molecular flexibility index (Phi) is 5.08. The lowest BCUT2D eigenvalue weighted by molar-refractivity contribution is -0.128. The molecule has 0 saturated carbocycles. The summed E-state index contributed by atoms with van der Waals surface area (Å²) in [6.45, 7) is 0.835. The van der Waals surface area contributed by atoms with E-state index in [4.69, 9.17) is 5.11 Å². The lowest BCUT2D eigenvalue weighted by Gasteiger charge is -2.23. The van der Waals surface area contributed by atoms with Gasteiger partial charge in [-0.25, -0.2) is 0 Å². The van der Waals surface area contributed by atoms with Crippen LogP contribution in [0.5, 0.6) is 0 Å². The minimum atomic E-state index is 0.153. The van der Waals surface area contributed by atoms with E-state index in [2.05, 4.69) is 12.1 Å². The van der Waals surface area contributed by atoms with Gasteiger partial charge >= 0.3 is 0 Å². The first-order chi connectivity index (χ1) is 8.81. The Hall–Kier alpha value is -1.00. The van der Waals surface area contributed by atoms with Crippen LogP contribution in [0.15, 0.2) is 30.3 Å². The van der Waals surface area contributed by atoms with Crippen molar-refractivity contribution in [3.8, 4) is 0 Å². The molecule has 1 aromatic rings. The molecule has 0 aromatic heterocycles. The second-order valence-electron chi connectivity index (χ2n) is 4.45. The van der Waals surface area contributed by atoms with Gasteiger partial charge in [-0.3, -0.25) is 4.79 Å². The molecule has 2 rings (SSSR count). The third-order valence-electron chi connectivity index (χ3n) is 3.15. The molecule has 18 heavy (non-hydrogen) atoms. The zero-order chi connectivity index (χ0) is 12.8. The number of aliphatic hydroxyl groups is 1. The summed E-state index contributed by atoms with van der Waals surface area (Å²) in [6, 6.07) is 10.4. The van der Waals surface area contributed by atoms with E-state index in [1.807, 2.05) is 23.1 Å². The predicted octanol–water partition coefficient (Wildman–Crippen LogP) is 1.90. The van der Waals surface area contributed by atoms with Crippen molar-refractivity contribution in [2.45, 2.75) is 24.6 Å². The van der Waals surface area contributed by atoms with E-state index < -0.39 is 0 Å². The van der Waals surface area contributed by atoms with Crippen LogP contribution in [0.1, 0.15) is 18.4 Å². The summed E-state index contributed by atoms with van der Waals surface area (Å²) in [6.07, 6.45) is 2.67. The van der Waals surface area contributed by atoms with Crippen LogP contribution in [-0.2, 0) is 11.2 Å². The van der Waals surface area contributed by atoms with Crippen molar-refractivity contribution in [1.82, 2.24) is 4.90 Å². The number of amides is 1. The molecule has 0 bridgehead atoms. The fourth-order valence-corrected chi connectivity index (χ4v) is 3.37. The summed E-state index contributed by atoms with van der Waals surface area (Å²) in [5.41, 5.74) is 1.32. The largest absolute Gasteiger partial charge is 0.396 e. The summed E-state index contributed by atoms with van der Waals surface area (Å²) in [5, 5.41) is 9.14. The Morgan fingerprint density at radius 2 is 2.11 bits per heavy atom. The number of aliphatic hydroxyl groups excluding tert-OH is 1. The minimum Gasteiger partial charge on any atom is -0.396 e. The first kappa shape index (κ1) is 13.4. The van der Waals surface area contributed by atoms with Gasteiger partial charge in [-0.15, -0.1) is 11.8 Å². The monoisotopic (exact) mass is 265 g/mol. The van der Waals surface area contributed by atoms with Crippen LogP contribution in [0.25, 0.3) is 0 Å². The summed E-state index contributed by atoms with van der Waals surface area (Å²) < 4.78 is 0. The molecule has 98 valence electrons. The molecule has 1 amide bonds. The van der Waals surface area contributed by atoms with Gasteiger partial charge < -0.3 is 10.0 Å². The van der Waals surface area contributed by atoms with E-state index in [-0.39, 0.29) is 17.9 Å². The smallest absolute Gasteiger partial charge is 0.233 e. The van der Waals surface area contributed by atoms with Gasteiger partial charge in [0.15, 0.2) is 0 Å². The average molecular weight is 265 g/mol. The fraction of sp³-hybridized carbons (Fsp3) is 0.500. The van der Waals surface area contributed by atoms with Crippen LogP contribution in [0, 0.1) is 0 Å². The van der Waals surface area contributed by atoms with Crippen molar-refractivity contribution >= 4 is 17.7 Å². The number of rotatable bonds is 6. The highest BCUT2D eigenvalue weighted by atomic mass is 32.2. The van der Waals surface area contributed by atoms with Crippen LogP contribution in [0.3, 0.4) is 0 Å². The molecule has 0 spiro atoms. The molecule has 4 heteroatoms. The SMILES string of the molecule is O=C1CSC(CCc2ccccc2)N1CCCO. The van der Waals surface area contributed by atoms with Gasteiger partial charge in [-0.05, 0) is 24.8 Å². The second kappa shape index (κ2) is 6.81. The third-order valence-corrected chi connectivity index (χ3v) is 4.44. The van der Waals surface area contributed by atoms with Gasteiger partial charge in [0.25, 0.3) is 0 Å². The molecule has 1 N–H and O–H groups in total. The maximum Gasteiger partial charge on any atom is 0.233 e. The molecule has 0 aliphatic carbocycles. The molecule has 3 nitrogen and oxygen atoms in total. The highest BCUT2D eigenvalue weighted by Gasteiger charge is 2.30. The molecule has 1 unspecified atom stereocenters. The Morgan fingerprint density at radius 3 is 2.83 bits per heavy atom. The molecular formula is C14H19NO2S. The highest BCUT2D eigenvalue weighted by molar-refractivity contribution is 8.00. The summed E-state index contributed by atoms with van der Waals surface area (Å²) in [5.74, 6) is 0.803. The summed E-state index contributed by atoms with van der Waals surface area (Å²) >= 11 is 1.72. The lowest BCUT2D eigenvalue weighted by atomic mass is 10.1. The number of nitrogens with zero attached hydrogens (tertiary/aromatic N) is 1. The zero-order valence-electron chi connectivity index (χ0n) is 10.4. The molecule has 1 heterocycles. The topological polar surface area (TPSA) is 40.5 Å². The Morgan fingerprint density at radius 1 is 1.33 bits per heavy atom. The number of hydrogen-bond donors (Lipinski definition) is 1. The minimum absolute atomic E-state index is 0.153. The Bertz CT molecular complexity index is 383. The van der Waals surface area contributed by atoms with Crippen LogP contribution in [-0.4, -0.2) is 40.2 Å². The lowest BCUT2D eigenvalue weighted by Crippen LogP contribution is -2.34. The van der Waals surface area contributed by atoms with E-state index in [9.17, 15) is 4.79 Å². The van der Waals surface area contributed by atoms with Gasteiger partial charge in [0.05, 0.1) is 11.1 Å². The number of hydrogen-bond acceptors (Lipinski definition) is 3. The molecule has 1 atom stereocenters. The molecule has 1 aromatic carbocycles. The van der Waals surface area contributed by atoms with Crippen molar-refractivity contribution in [2.75, 3.05) is 18.9 Å². The van der Waals surface area contributed by atoms with E-state index in [0.29, 0.717) is 18.7 Å². The van der Waals surface area contributed by atoms with Crippen LogP contribution >= 0.6 is 11.8 Å². The molecule has 1 aliphatic heterocycles. The maximum absolute atomic E-state index is 11.7. The highest BCUT2D eigenvalue weighted by Crippen LogP contribution is 2.28. The van der Waals surface area contributed by atoms with Crippen LogP contribution in [0.4, 0.5) is 0 Å². The van der Waals surface area contributed by atoms with Crippen molar-refractivity contribution < 1.29 is 9.90 Å². The summed E-state index contributed by atoms with van der Waals surface area (Å²) in [7, 11) is 0. The second-order valence-corrected chi connectivity index (χ2v) is 5.62. The van der Waals surface area contributed by atoms with E-state index in [1.165, 1.54) is 5.56 Å². The van der Waals surface area contributed by atoms with E-state index in [0.717, 1.165) is 12.8 Å². The number of carbonyl (C=O) groups excluding carboxylic acids is 1. The van der Waals surface area contributed by atoms with Gasteiger partial charge in [0.2, 0.25) is 5.91 Å². The van der Waals surface area contributed by atoms with E-state index >= 15 is 0 Å². The standard InChI is InChI=1S/C14H19NO2S/c16-10-4-9-15-13(17)11-18-14(15)8-7-12-5-2-1-3-6-12/h1-3,5-6,14,16H,4,7-11H2. The average Bonchev–Trinajstić information content (AvgIpc) is 2.76. The van der Waals surface area contributed by atoms with E-state index in [1.54, 1.807) is 11.8 Å². The van der Waals surface area contributed by atoms with Crippen molar-refractivity contribution in [1.29, 1.82) is 0 Å².